The predicted octanol–water partition coefficient (Wildman–Crippen LogP) is 1.41. The Hall–Kier alpha value is -0.340. The average Bonchev–Trinajstić information content (AvgIpc) is 2.14. The zero-order valence-electron chi connectivity index (χ0n) is 9.63. The van der Waals surface area contributed by atoms with Gasteiger partial charge in [0, 0.05) is 19.1 Å². The van der Waals surface area contributed by atoms with E-state index >= 15 is 0 Å². The zero-order chi connectivity index (χ0) is 13.5. The summed E-state index contributed by atoms with van der Waals surface area (Å²) in [6.07, 6.45) is -5.14. The lowest BCUT2D eigenvalue weighted by Gasteiger charge is -2.16. The van der Waals surface area contributed by atoms with Gasteiger partial charge in [-0.2, -0.15) is 13.2 Å². The van der Waals surface area contributed by atoms with Crippen molar-refractivity contribution in [1.29, 1.82) is 0 Å². The number of alkyl halides is 3. The van der Waals surface area contributed by atoms with Gasteiger partial charge in [-0.05, 0) is 19.3 Å². The summed E-state index contributed by atoms with van der Waals surface area (Å²) in [6.45, 7) is 1.57. The van der Waals surface area contributed by atoms with Gasteiger partial charge in [0.05, 0.1) is 5.75 Å². The number of nitrogens with one attached hydrogen (secondary N) is 1. The Bertz CT molecular complexity index is 303. The van der Waals surface area contributed by atoms with E-state index in [0.29, 0.717) is 6.42 Å². The summed E-state index contributed by atoms with van der Waals surface area (Å²) in [5.74, 6) is -0.547. The van der Waals surface area contributed by atoms with Gasteiger partial charge in [0.2, 0.25) is 10.0 Å². The number of sulfonamides is 1. The summed E-state index contributed by atoms with van der Waals surface area (Å²) in [4.78, 5) is 0. The van der Waals surface area contributed by atoms with Crippen molar-refractivity contribution in [2.75, 3.05) is 12.4 Å². The minimum absolute atomic E-state index is 0.163. The molecular weight excluding hydrogens is 259 g/mol. The Morgan fingerprint density at radius 1 is 1.35 bits per heavy atom. The van der Waals surface area contributed by atoms with Gasteiger partial charge in [0.15, 0.2) is 0 Å². The van der Waals surface area contributed by atoms with Crippen LogP contribution in [0.4, 0.5) is 13.2 Å². The van der Waals surface area contributed by atoms with Crippen LogP contribution in [0.1, 0.15) is 32.6 Å². The van der Waals surface area contributed by atoms with Crippen molar-refractivity contribution in [3.63, 3.8) is 0 Å². The fraction of sp³-hybridized carbons (Fsp3) is 1.00. The van der Waals surface area contributed by atoms with Crippen molar-refractivity contribution in [2.24, 2.45) is 0 Å². The molecule has 0 saturated heterocycles. The standard InChI is InChI=1S/C9H18F3NO3S/c1-2-8(4-6-14)13-17(15,16)7-3-5-9(10,11)12/h8,13-14H,2-7H2,1H3. The molecule has 17 heavy (non-hydrogen) atoms. The first-order chi connectivity index (χ1) is 7.70. The van der Waals surface area contributed by atoms with Crippen LogP contribution in [0, 0.1) is 0 Å². The van der Waals surface area contributed by atoms with Gasteiger partial charge in [-0.25, -0.2) is 13.1 Å². The number of halogens is 3. The van der Waals surface area contributed by atoms with E-state index in [4.69, 9.17) is 5.11 Å². The maximum Gasteiger partial charge on any atom is 0.389 e. The molecule has 0 aromatic rings. The Kier molecular flexibility index (Phi) is 7.03. The van der Waals surface area contributed by atoms with Gasteiger partial charge >= 0.3 is 6.18 Å². The van der Waals surface area contributed by atoms with Crippen molar-refractivity contribution in [2.45, 2.75) is 44.8 Å². The summed E-state index contributed by atoms with van der Waals surface area (Å²) >= 11 is 0. The third-order valence-corrected chi connectivity index (χ3v) is 3.71. The first-order valence-electron chi connectivity index (χ1n) is 5.38. The molecule has 2 N–H and O–H groups in total. The largest absolute Gasteiger partial charge is 0.396 e. The Morgan fingerprint density at radius 2 is 1.94 bits per heavy atom. The quantitative estimate of drug-likeness (QED) is 0.705. The molecule has 8 heteroatoms. The fourth-order valence-electron chi connectivity index (χ4n) is 1.28. The first-order valence-corrected chi connectivity index (χ1v) is 7.03. The Morgan fingerprint density at radius 3 is 2.35 bits per heavy atom. The lowest BCUT2D eigenvalue weighted by atomic mass is 10.2. The molecule has 0 heterocycles. The fourth-order valence-corrected chi connectivity index (χ4v) is 2.71. The average molecular weight is 277 g/mol. The molecule has 0 saturated carbocycles. The summed E-state index contributed by atoms with van der Waals surface area (Å²) in [5, 5.41) is 8.66. The van der Waals surface area contributed by atoms with E-state index in [-0.39, 0.29) is 13.0 Å². The number of aliphatic hydroxyl groups is 1. The zero-order valence-corrected chi connectivity index (χ0v) is 10.4. The van der Waals surface area contributed by atoms with Crippen LogP contribution in [0.3, 0.4) is 0 Å². The highest BCUT2D eigenvalue weighted by Gasteiger charge is 2.27. The molecule has 0 aromatic carbocycles. The molecule has 0 spiro atoms. The van der Waals surface area contributed by atoms with E-state index < -0.39 is 40.8 Å². The monoisotopic (exact) mass is 277 g/mol. The molecule has 0 aliphatic heterocycles. The van der Waals surface area contributed by atoms with Crippen LogP contribution in [-0.2, 0) is 10.0 Å². The normalized spacial score (nSPS) is 14.9. The van der Waals surface area contributed by atoms with Crippen LogP contribution < -0.4 is 4.72 Å². The van der Waals surface area contributed by atoms with Crippen molar-refractivity contribution < 1.29 is 26.7 Å². The highest BCUT2D eigenvalue weighted by molar-refractivity contribution is 7.89. The highest BCUT2D eigenvalue weighted by atomic mass is 32.2. The first kappa shape index (κ1) is 16.7. The van der Waals surface area contributed by atoms with Gasteiger partial charge in [0.1, 0.15) is 0 Å². The van der Waals surface area contributed by atoms with Crippen LogP contribution in [-0.4, -0.2) is 38.1 Å². The molecular formula is C9H18F3NO3S. The summed E-state index contributed by atoms with van der Waals surface area (Å²) in [6, 6.07) is -0.420. The smallest absolute Gasteiger partial charge is 0.389 e. The third-order valence-electron chi connectivity index (χ3n) is 2.19. The van der Waals surface area contributed by atoms with Crippen LogP contribution in [0.2, 0.25) is 0 Å². The van der Waals surface area contributed by atoms with Crippen molar-refractivity contribution in [3.05, 3.63) is 0 Å². The van der Waals surface area contributed by atoms with E-state index in [1.165, 1.54) is 0 Å². The topological polar surface area (TPSA) is 66.4 Å². The lowest BCUT2D eigenvalue weighted by molar-refractivity contribution is -0.134. The maximum atomic E-state index is 11.8. The van der Waals surface area contributed by atoms with Crippen molar-refractivity contribution >= 4 is 10.0 Å². The van der Waals surface area contributed by atoms with E-state index in [0.717, 1.165) is 0 Å². The number of aliphatic hydroxyl groups excluding tert-OH is 1. The molecule has 104 valence electrons. The van der Waals surface area contributed by atoms with Crippen LogP contribution >= 0.6 is 0 Å². The van der Waals surface area contributed by atoms with Crippen LogP contribution in [0.15, 0.2) is 0 Å². The number of hydrogen-bond acceptors (Lipinski definition) is 3. The van der Waals surface area contributed by atoms with Gasteiger partial charge < -0.3 is 5.11 Å². The molecule has 1 unspecified atom stereocenters. The number of hydrogen-bond donors (Lipinski definition) is 2. The second kappa shape index (κ2) is 7.17. The minimum atomic E-state index is -4.33. The van der Waals surface area contributed by atoms with Gasteiger partial charge in [-0.3, -0.25) is 0 Å². The Balaban J connectivity index is 4.11. The lowest BCUT2D eigenvalue weighted by Crippen LogP contribution is -2.36. The van der Waals surface area contributed by atoms with E-state index in [1.807, 2.05) is 0 Å². The summed E-state index contributed by atoms with van der Waals surface area (Å²) in [5.41, 5.74) is 0. The SMILES string of the molecule is CCC(CCO)NS(=O)(=O)CCCC(F)(F)F. The second-order valence-electron chi connectivity index (χ2n) is 3.77. The van der Waals surface area contributed by atoms with Crippen LogP contribution in [0.25, 0.3) is 0 Å². The van der Waals surface area contributed by atoms with Gasteiger partial charge in [0.25, 0.3) is 0 Å². The third kappa shape index (κ3) is 9.37. The highest BCUT2D eigenvalue weighted by Crippen LogP contribution is 2.21. The van der Waals surface area contributed by atoms with E-state index in [1.54, 1.807) is 6.92 Å². The molecule has 0 amide bonds. The molecule has 0 aliphatic carbocycles. The van der Waals surface area contributed by atoms with E-state index in [9.17, 15) is 21.6 Å². The molecule has 1 atom stereocenters. The molecule has 0 rings (SSSR count). The van der Waals surface area contributed by atoms with Gasteiger partial charge in [-0.1, -0.05) is 6.92 Å². The molecule has 0 radical (unpaired) electrons. The molecule has 0 aliphatic rings. The van der Waals surface area contributed by atoms with E-state index in [2.05, 4.69) is 4.72 Å². The van der Waals surface area contributed by atoms with Gasteiger partial charge in [-0.15, -0.1) is 0 Å². The van der Waals surface area contributed by atoms with Crippen molar-refractivity contribution in [1.82, 2.24) is 4.72 Å². The second-order valence-corrected chi connectivity index (χ2v) is 5.65. The van der Waals surface area contributed by atoms with Crippen molar-refractivity contribution in [3.8, 4) is 0 Å². The summed E-state index contributed by atoms with van der Waals surface area (Å²) in [7, 11) is -3.70. The predicted molar refractivity (Wildman–Crippen MR) is 58.0 cm³/mol. The molecule has 0 aromatic heterocycles. The molecule has 0 fully saturated rings. The molecule has 4 nitrogen and oxygen atoms in total. The maximum absolute atomic E-state index is 11.8. The summed E-state index contributed by atoms with van der Waals surface area (Å²) < 4.78 is 60.6. The van der Waals surface area contributed by atoms with Crippen LogP contribution in [0.5, 0.6) is 0 Å². The number of rotatable bonds is 8. The molecule has 0 bridgehead atoms. The minimum Gasteiger partial charge on any atom is -0.396 e. The Labute approximate surface area is 99.3 Å².